The number of carbonyl (C=O) groups excluding carboxylic acids is 1. The molecule has 1 aliphatic heterocycles. The molecule has 0 saturated carbocycles. The minimum atomic E-state index is 0.141. The van der Waals surface area contributed by atoms with Gasteiger partial charge < -0.3 is 4.90 Å². The molecular weight excluding hydrogens is 262 g/mol. The summed E-state index contributed by atoms with van der Waals surface area (Å²) in [5.74, 6) is 0.448. The number of hydrogen-bond donors (Lipinski definition) is 0. The molecule has 2 aliphatic rings. The Morgan fingerprint density at radius 1 is 1.19 bits per heavy atom. The van der Waals surface area contributed by atoms with Crippen LogP contribution in [0.3, 0.4) is 0 Å². The van der Waals surface area contributed by atoms with Crippen molar-refractivity contribution in [1.82, 2.24) is 9.80 Å². The van der Waals surface area contributed by atoms with E-state index >= 15 is 0 Å². The van der Waals surface area contributed by atoms with Crippen molar-refractivity contribution in [3.05, 3.63) is 35.4 Å². The van der Waals surface area contributed by atoms with E-state index in [9.17, 15) is 4.79 Å². The Balaban J connectivity index is 1.59. The minimum absolute atomic E-state index is 0.141. The van der Waals surface area contributed by atoms with E-state index < -0.39 is 0 Å². The zero-order valence-electron chi connectivity index (χ0n) is 12.3. The number of nitriles is 1. The van der Waals surface area contributed by atoms with E-state index in [0.717, 1.165) is 45.4 Å². The Kier molecular flexibility index (Phi) is 4.21. The number of hydrogen-bond acceptors (Lipinski definition) is 3. The van der Waals surface area contributed by atoms with Crippen LogP contribution in [0.1, 0.15) is 17.5 Å². The van der Waals surface area contributed by atoms with Crippen LogP contribution in [-0.4, -0.2) is 48.4 Å². The summed E-state index contributed by atoms with van der Waals surface area (Å²) in [6.45, 7) is 3.64. The average molecular weight is 283 g/mol. The minimum Gasteiger partial charge on any atom is -0.340 e. The number of aryl methyl sites for hydroxylation is 1. The molecule has 4 heteroatoms. The van der Waals surface area contributed by atoms with Crippen LogP contribution in [0, 0.1) is 17.2 Å². The first-order valence-electron chi connectivity index (χ1n) is 7.73. The molecule has 0 radical (unpaired) electrons. The Morgan fingerprint density at radius 2 is 1.90 bits per heavy atom. The van der Waals surface area contributed by atoms with E-state index in [2.05, 4.69) is 35.2 Å². The Hall–Kier alpha value is -1.86. The Bertz CT molecular complexity index is 555. The molecule has 1 fully saturated rings. The highest BCUT2D eigenvalue weighted by Gasteiger charge is 2.29. The summed E-state index contributed by atoms with van der Waals surface area (Å²) in [5, 5.41) is 8.72. The molecule has 1 aliphatic carbocycles. The van der Waals surface area contributed by atoms with Gasteiger partial charge in [-0.3, -0.25) is 9.69 Å². The van der Waals surface area contributed by atoms with Gasteiger partial charge >= 0.3 is 0 Å². The normalized spacial score (nSPS) is 22.4. The van der Waals surface area contributed by atoms with E-state index in [1.54, 1.807) is 0 Å². The van der Waals surface area contributed by atoms with E-state index in [4.69, 9.17) is 5.26 Å². The number of benzene rings is 1. The van der Waals surface area contributed by atoms with Gasteiger partial charge in [-0.1, -0.05) is 24.3 Å². The van der Waals surface area contributed by atoms with Gasteiger partial charge in [0.25, 0.3) is 0 Å². The molecule has 0 aromatic heterocycles. The molecule has 0 spiro atoms. The first-order chi connectivity index (χ1) is 10.3. The van der Waals surface area contributed by atoms with Crippen LogP contribution in [0.5, 0.6) is 0 Å². The molecule has 110 valence electrons. The van der Waals surface area contributed by atoms with Crippen LogP contribution < -0.4 is 0 Å². The molecule has 1 aromatic rings. The van der Waals surface area contributed by atoms with Crippen LogP contribution in [-0.2, 0) is 17.6 Å². The summed E-state index contributed by atoms with van der Waals surface area (Å²) in [7, 11) is 0. The second kappa shape index (κ2) is 6.28. The fraction of sp³-hybridized carbons (Fsp3) is 0.529. The van der Waals surface area contributed by atoms with Crippen molar-refractivity contribution in [3.8, 4) is 6.07 Å². The zero-order chi connectivity index (χ0) is 14.7. The van der Waals surface area contributed by atoms with E-state index in [1.807, 2.05) is 4.90 Å². The number of amides is 1. The predicted molar refractivity (Wildman–Crippen MR) is 80.6 cm³/mol. The van der Waals surface area contributed by atoms with E-state index in [1.165, 1.54) is 11.1 Å². The van der Waals surface area contributed by atoms with Gasteiger partial charge in [0.1, 0.15) is 0 Å². The third-order valence-electron chi connectivity index (χ3n) is 4.67. The lowest BCUT2D eigenvalue weighted by molar-refractivity contribution is -0.137. The summed E-state index contributed by atoms with van der Waals surface area (Å²) in [4.78, 5) is 16.8. The van der Waals surface area contributed by atoms with Crippen LogP contribution in [0.25, 0.3) is 0 Å². The maximum atomic E-state index is 12.7. The average Bonchev–Trinajstić information content (AvgIpc) is 2.55. The summed E-state index contributed by atoms with van der Waals surface area (Å²) >= 11 is 0. The van der Waals surface area contributed by atoms with Gasteiger partial charge in [0.15, 0.2) is 0 Å². The van der Waals surface area contributed by atoms with Crippen LogP contribution >= 0.6 is 0 Å². The van der Waals surface area contributed by atoms with Crippen molar-refractivity contribution in [2.75, 3.05) is 32.7 Å². The smallest absolute Gasteiger partial charge is 0.226 e. The van der Waals surface area contributed by atoms with Gasteiger partial charge in [0.2, 0.25) is 5.91 Å². The molecule has 4 nitrogen and oxygen atoms in total. The van der Waals surface area contributed by atoms with Crippen LogP contribution in [0.4, 0.5) is 0 Å². The molecule has 1 unspecified atom stereocenters. The molecule has 1 atom stereocenters. The number of nitrogens with zero attached hydrogens (tertiary/aromatic N) is 3. The monoisotopic (exact) mass is 283 g/mol. The maximum Gasteiger partial charge on any atom is 0.226 e. The second-order valence-electron chi connectivity index (χ2n) is 5.97. The first kappa shape index (κ1) is 14.1. The summed E-state index contributed by atoms with van der Waals surface area (Å²) < 4.78 is 0. The van der Waals surface area contributed by atoms with Crippen molar-refractivity contribution >= 4 is 5.91 Å². The van der Waals surface area contributed by atoms with Crippen molar-refractivity contribution in [2.24, 2.45) is 5.92 Å². The number of fused-ring (bicyclic) bond motifs is 1. The highest BCUT2D eigenvalue weighted by molar-refractivity contribution is 5.79. The number of piperazine rings is 1. The fourth-order valence-electron chi connectivity index (χ4n) is 3.39. The SMILES string of the molecule is N#CCN1CCN(C(=O)C2CCc3ccccc3C2)CC1. The molecule has 1 heterocycles. The molecular formula is C17H21N3O. The zero-order valence-corrected chi connectivity index (χ0v) is 12.3. The Labute approximate surface area is 126 Å². The van der Waals surface area contributed by atoms with Gasteiger partial charge in [-0.05, 0) is 30.4 Å². The Morgan fingerprint density at radius 3 is 2.62 bits per heavy atom. The molecule has 21 heavy (non-hydrogen) atoms. The molecule has 0 N–H and O–H groups in total. The number of rotatable bonds is 2. The largest absolute Gasteiger partial charge is 0.340 e. The summed E-state index contributed by atoms with van der Waals surface area (Å²) in [5.41, 5.74) is 2.74. The van der Waals surface area contributed by atoms with E-state index in [-0.39, 0.29) is 5.92 Å². The van der Waals surface area contributed by atoms with Crippen LogP contribution in [0.15, 0.2) is 24.3 Å². The first-order valence-corrected chi connectivity index (χ1v) is 7.73. The van der Waals surface area contributed by atoms with Crippen molar-refractivity contribution in [2.45, 2.75) is 19.3 Å². The highest BCUT2D eigenvalue weighted by atomic mass is 16.2. The second-order valence-corrected chi connectivity index (χ2v) is 5.97. The fourth-order valence-corrected chi connectivity index (χ4v) is 3.39. The third-order valence-corrected chi connectivity index (χ3v) is 4.67. The predicted octanol–water partition coefficient (Wildman–Crippen LogP) is 1.46. The van der Waals surface area contributed by atoms with Gasteiger partial charge in [-0.25, -0.2) is 0 Å². The molecule has 0 bridgehead atoms. The van der Waals surface area contributed by atoms with Gasteiger partial charge in [-0.15, -0.1) is 0 Å². The van der Waals surface area contributed by atoms with E-state index in [0.29, 0.717) is 12.5 Å². The van der Waals surface area contributed by atoms with Crippen molar-refractivity contribution in [3.63, 3.8) is 0 Å². The van der Waals surface area contributed by atoms with Gasteiger partial charge in [-0.2, -0.15) is 5.26 Å². The topological polar surface area (TPSA) is 47.3 Å². The lowest BCUT2D eigenvalue weighted by Crippen LogP contribution is -2.50. The number of carbonyl (C=O) groups is 1. The standard InChI is InChI=1S/C17H21N3O/c18-7-8-19-9-11-20(12-10-19)17(21)16-6-5-14-3-1-2-4-15(14)13-16/h1-4,16H,5-6,8-13H2. The maximum absolute atomic E-state index is 12.7. The lowest BCUT2D eigenvalue weighted by Gasteiger charge is -2.36. The van der Waals surface area contributed by atoms with Crippen molar-refractivity contribution in [1.29, 1.82) is 5.26 Å². The molecule has 3 rings (SSSR count). The van der Waals surface area contributed by atoms with Gasteiger partial charge in [0.05, 0.1) is 12.6 Å². The summed E-state index contributed by atoms with van der Waals surface area (Å²) in [6, 6.07) is 10.6. The highest BCUT2D eigenvalue weighted by Crippen LogP contribution is 2.27. The van der Waals surface area contributed by atoms with Crippen molar-refractivity contribution < 1.29 is 4.79 Å². The molecule has 1 saturated heterocycles. The summed E-state index contributed by atoms with van der Waals surface area (Å²) in [6.07, 6.45) is 2.86. The van der Waals surface area contributed by atoms with Crippen LogP contribution in [0.2, 0.25) is 0 Å². The molecule has 1 amide bonds. The van der Waals surface area contributed by atoms with Gasteiger partial charge in [0, 0.05) is 32.1 Å². The lowest BCUT2D eigenvalue weighted by atomic mass is 9.83. The molecule has 1 aromatic carbocycles. The quantitative estimate of drug-likeness (QED) is 0.772. The third kappa shape index (κ3) is 3.08.